The number of aryl methyl sites for hydroxylation is 2. The minimum Gasteiger partial charge on any atom is -0.494 e. The topological polar surface area (TPSA) is 63.5 Å². The molecule has 30 heavy (non-hydrogen) atoms. The number of rotatable bonds is 9. The summed E-state index contributed by atoms with van der Waals surface area (Å²) >= 11 is 1.53. The molecule has 0 N–H and O–H groups in total. The Kier molecular flexibility index (Phi) is 8.64. The second-order valence-corrected chi connectivity index (χ2v) is 7.75. The number of carbonyl (C=O) groups excluding carboxylic acids is 1. The molecule has 2 aromatic heterocycles. The molecular formula is C21H30ClN5O2S. The summed E-state index contributed by atoms with van der Waals surface area (Å²) in [6.07, 6.45) is 1.67. The third-order valence-electron chi connectivity index (χ3n) is 5.16. The van der Waals surface area contributed by atoms with Crippen LogP contribution in [-0.4, -0.2) is 58.9 Å². The average molecular weight is 452 g/mol. The number of nitrogens with zero attached hydrogens (tertiary/aromatic N) is 5. The van der Waals surface area contributed by atoms with Gasteiger partial charge in [-0.25, -0.2) is 4.98 Å². The van der Waals surface area contributed by atoms with Crippen LogP contribution in [0.15, 0.2) is 24.4 Å². The summed E-state index contributed by atoms with van der Waals surface area (Å²) in [6.45, 7) is 12.2. The van der Waals surface area contributed by atoms with Crippen molar-refractivity contribution in [1.82, 2.24) is 19.7 Å². The Bertz CT molecular complexity index is 983. The van der Waals surface area contributed by atoms with Gasteiger partial charge in [0.1, 0.15) is 17.0 Å². The van der Waals surface area contributed by atoms with Crippen LogP contribution in [0.5, 0.6) is 5.75 Å². The highest BCUT2D eigenvalue weighted by Crippen LogP contribution is 2.36. The lowest BCUT2D eigenvalue weighted by molar-refractivity contribution is 0.0973. The van der Waals surface area contributed by atoms with E-state index in [1.54, 1.807) is 29.0 Å². The second kappa shape index (κ2) is 10.7. The fraction of sp³-hybridized carbons (Fsp3) is 0.476. The zero-order valence-corrected chi connectivity index (χ0v) is 19.8. The normalized spacial score (nSPS) is 11.0. The zero-order chi connectivity index (χ0) is 21.0. The van der Waals surface area contributed by atoms with E-state index in [0.717, 1.165) is 41.2 Å². The van der Waals surface area contributed by atoms with Gasteiger partial charge in [-0.15, -0.1) is 12.4 Å². The van der Waals surface area contributed by atoms with E-state index in [2.05, 4.69) is 30.8 Å². The number of likely N-dealkylation sites (N-methyl/N-ethyl adjacent to an activating group) is 1. The van der Waals surface area contributed by atoms with Crippen molar-refractivity contribution in [2.75, 3.05) is 38.2 Å². The van der Waals surface area contributed by atoms with Gasteiger partial charge in [0, 0.05) is 25.8 Å². The average Bonchev–Trinajstić information content (AvgIpc) is 3.39. The van der Waals surface area contributed by atoms with Crippen molar-refractivity contribution in [3.63, 3.8) is 0 Å². The number of hydrogen-bond acceptors (Lipinski definition) is 6. The number of fused-ring (bicyclic) bond motifs is 1. The Morgan fingerprint density at radius 1 is 1.17 bits per heavy atom. The van der Waals surface area contributed by atoms with Gasteiger partial charge in [-0.05, 0) is 44.6 Å². The number of aromatic nitrogens is 3. The molecule has 0 atom stereocenters. The molecule has 3 rings (SSSR count). The highest BCUT2D eigenvalue weighted by Gasteiger charge is 2.25. The zero-order valence-electron chi connectivity index (χ0n) is 18.2. The highest BCUT2D eigenvalue weighted by molar-refractivity contribution is 7.22. The van der Waals surface area contributed by atoms with Crippen LogP contribution < -0.4 is 9.64 Å². The molecule has 9 heteroatoms. The van der Waals surface area contributed by atoms with Crippen molar-refractivity contribution < 1.29 is 9.53 Å². The van der Waals surface area contributed by atoms with Gasteiger partial charge in [0.05, 0.1) is 11.8 Å². The molecule has 1 aromatic carbocycles. The van der Waals surface area contributed by atoms with Crippen LogP contribution in [-0.2, 0) is 6.54 Å². The third kappa shape index (κ3) is 4.77. The molecular weight excluding hydrogens is 422 g/mol. The van der Waals surface area contributed by atoms with E-state index < -0.39 is 0 Å². The van der Waals surface area contributed by atoms with Crippen molar-refractivity contribution >= 4 is 45.0 Å². The van der Waals surface area contributed by atoms with Crippen LogP contribution in [0.1, 0.15) is 36.8 Å². The summed E-state index contributed by atoms with van der Waals surface area (Å²) in [5, 5.41) is 4.95. The molecule has 0 aliphatic rings. The second-order valence-electron chi connectivity index (χ2n) is 6.77. The van der Waals surface area contributed by atoms with Gasteiger partial charge in [-0.1, -0.05) is 31.3 Å². The van der Waals surface area contributed by atoms with Gasteiger partial charge in [0.25, 0.3) is 5.91 Å². The minimum absolute atomic E-state index is 0. The number of amides is 1. The summed E-state index contributed by atoms with van der Waals surface area (Å²) in [4.78, 5) is 22.4. The van der Waals surface area contributed by atoms with Gasteiger partial charge in [0.2, 0.25) is 0 Å². The number of hydrogen-bond donors (Lipinski definition) is 0. The van der Waals surface area contributed by atoms with E-state index in [4.69, 9.17) is 9.72 Å². The van der Waals surface area contributed by atoms with Gasteiger partial charge >= 0.3 is 0 Å². The van der Waals surface area contributed by atoms with Crippen molar-refractivity contribution in [1.29, 1.82) is 0 Å². The molecule has 3 aromatic rings. The SMILES string of the molecule is CCN(CC)CCN(C(=O)c1ccnn1CC)c1nc2c(OC)ccc(C)c2s1.Cl. The molecule has 0 bridgehead atoms. The Labute approximate surface area is 188 Å². The largest absolute Gasteiger partial charge is 0.494 e. The maximum Gasteiger partial charge on any atom is 0.278 e. The predicted molar refractivity (Wildman–Crippen MR) is 126 cm³/mol. The first-order valence-electron chi connectivity index (χ1n) is 10.0. The molecule has 0 saturated heterocycles. The molecule has 0 spiro atoms. The fourth-order valence-electron chi connectivity index (χ4n) is 3.35. The van der Waals surface area contributed by atoms with Crippen LogP contribution in [0.25, 0.3) is 10.2 Å². The molecule has 0 aliphatic carbocycles. The van der Waals surface area contributed by atoms with Crippen LogP contribution >= 0.6 is 23.7 Å². The summed E-state index contributed by atoms with van der Waals surface area (Å²) < 4.78 is 8.27. The van der Waals surface area contributed by atoms with Crippen LogP contribution in [0, 0.1) is 6.92 Å². The Hall–Kier alpha value is -2.16. The number of halogens is 1. The first kappa shape index (κ1) is 24.1. The Morgan fingerprint density at radius 3 is 2.53 bits per heavy atom. The molecule has 0 unspecified atom stereocenters. The summed E-state index contributed by atoms with van der Waals surface area (Å²) in [7, 11) is 1.65. The number of thiazole rings is 1. The van der Waals surface area contributed by atoms with Gasteiger partial charge in [-0.2, -0.15) is 5.10 Å². The van der Waals surface area contributed by atoms with Gasteiger partial charge in [0.15, 0.2) is 5.13 Å². The molecule has 2 heterocycles. The molecule has 0 fully saturated rings. The number of ether oxygens (including phenoxy) is 1. The number of benzene rings is 1. The van der Waals surface area contributed by atoms with E-state index in [-0.39, 0.29) is 18.3 Å². The third-order valence-corrected chi connectivity index (χ3v) is 6.37. The van der Waals surface area contributed by atoms with Gasteiger partial charge in [-0.3, -0.25) is 14.4 Å². The molecule has 0 radical (unpaired) electrons. The van der Waals surface area contributed by atoms with Crippen molar-refractivity contribution in [2.45, 2.75) is 34.2 Å². The quantitative estimate of drug-likeness (QED) is 0.487. The van der Waals surface area contributed by atoms with Gasteiger partial charge < -0.3 is 9.64 Å². The van der Waals surface area contributed by atoms with Crippen LogP contribution in [0.2, 0.25) is 0 Å². The Balaban J connectivity index is 0.00000320. The van der Waals surface area contributed by atoms with E-state index in [1.807, 2.05) is 19.1 Å². The summed E-state index contributed by atoms with van der Waals surface area (Å²) in [6, 6.07) is 5.72. The van der Waals surface area contributed by atoms with Crippen molar-refractivity contribution in [3.8, 4) is 5.75 Å². The molecule has 164 valence electrons. The molecule has 0 aliphatic heterocycles. The lowest BCUT2D eigenvalue weighted by Gasteiger charge is -2.24. The van der Waals surface area contributed by atoms with Crippen molar-refractivity contribution in [2.24, 2.45) is 0 Å². The van der Waals surface area contributed by atoms with Crippen LogP contribution in [0.3, 0.4) is 0 Å². The van der Waals surface area contributed by atoms with E-state index in [9.17, 15) is 4.79 Å². The maximum absolute atomic E-state index is 13.5. The summed E-state index contributed by atoms with van der Waals surface area (Å²) in [5.74, 6) is 0.648. The monoisotopic (exact) mass is 451 g/mol. The summed E-state index contributed by atoms with van der Waals surface area (Å²) in [5.41, 5.74) is 2.51. The van der Waals surface area contributed by atoms with E-state index in [0.29, 0.717) is 23.9 Å². The number of methoxy groups -OCH3 is 1. The smallest absolute Gasteiger partial charge is 0.278 e. The Morgan fingerprint density at radius 2 is 1.90 bits per heavy atom. The lowest BCUT2D eigenvalue weighted by atomic mass is 10.2. The van der Waals surface area contributed by atoms with E-state index in [1.165, 1.54) is 11.3 Å². The maximum atomic E-state index is 13.5. The minimum atomic E-state index is -0.0767. The highest BCUT2D eigenvalue weighted by atomic mass is 35.5. The molecule has 1 amide bonds. The van der Waals surface area contributed by atoms with Crippen LogP contribution in [0.4, 0.5) is 5.13 Å². The molecule has 7 nitrogen and oxygen atoms in total. The molecule has 0 saturated carbocycles. The first-order chi connectivity index (χ1) is 14.0. The fourth-order valence-corrected chi connectivity index (χ4v) is 4.42. The van der Waals surface area contributed by atoms with E-state index >= 15 is 0 Å². The standard InChI is InChI=1S/C21H29N5O2S.ClH/c1-6-24(7-2)13-14-25(20(27)16-11-12-22-26(16)8-3)21-23-18-17(28-5)10-9-15(4)19(18)29-21;/h9-12H,6-8,13-14H2,1-5H3;1H. The number of anilines is 1. The lowest BCUT2D eigenvalue weighted by Crippen LogP contribution is -2.39. The first-order valence-corrected chi connectivity index (χ1v) is 10.9. The van der Waals surface area contributed by atoms with Crippen molar-refractivity contribution in [3.05, 3.63) is 35.7 Å². The predicted octanol–water partition coefficient (Wildman–Crippen LogP) is 4.24. The number of carbonyl (C=O) groups is 1.